The number of nitrogens with two attached hydrogens (primary N) is 1. The molecule has 0 saturated heterocycles. The molecule has 3 aliphatic carbocycles. The van der Waals surface area contributed by atoms with Crippen LogP contribution < -0.4 is 5.73 Å². The van der Waals surface area contributed by atoms with Crippen LogP contribution in [-0.4, -0.2) is 69.9 Å². The van der Waals surface area contributed by atoms with Crippen molar-refractivity contribution in [2.45, 2.75) is 30.6 Å². The van der Waals surface area contributed by atoms with Gasteiger partial charge in [-0.2, -0.15) is 0 Å². The zero-order valence-corrected chi connectivity index (χ0v) is 17.7. The number of primary amides is 1. The van der Waals surface area contributed by atoms with E-state index in [9.17, 15) is 38.6 Å². The monoisotopic (exact) mass is 446 g/mol. The second-order valence-electron chi connectivity index (χ2n) is 9.24. The molecular weight excluding hydrogens is 423 g/mol. The predicted molar refractivity (Wildman–Crippen MR) is 106 cm³/mol. The van der Waals surface area contributed by atoms with Crippen LogP contribution in [0.5, 0.6) is 0 Å². The predicted octanol–water partition coefficient (Wildman–Crippen LogP) is -1.03. The Hall–Kier alpha value is -2.82. The standard InChI is InChI=1S/C22H23FN2O7/c1-21(31)8-5-4-6-11(23)12(8)16(26)13-9(21)7-10-15(25(2)3)17(27)14(20(24)30)19(29)22(10,32)18(13)28/h4-6,9-10,13-15,31-32H,7H2,1-3H3,(H2,24,30)/t9-,10+,13?,14?,15-,21?,22+/m0/s1. The van der Waals surface area contributed by atoms with E-state index in [-0.39, 0.29) is 12.0 Å². The molecule has 4 N–H and O–H groups in total. The van der Waals surface area contributed by atoms with Gasteiger partial charge in [0.05, 0.1) is 23.1 Å². The minimum atomic E-state index is -2.86. The summed E-state index contributed by atoms with van der Waals surface area (Å²) in [5.74, 6) is -13.0. The summed E-state index contributed by atoms with van der Waals surface area (Å²) in [6.07, 6.45) is -0.270. The molecule has 170 valence electrons. The third-order valence-corrected chi connectivity index (χ3v) is 7.35. The number of likely N-dealkylation sites (N-methyl/N-ethyl adjacent to an activating group) is 1. The molecule has 10 heteroatoms. The van der Waals surface area contributed by atoms with E-state index in [1.165, 1.54) is 38.1 Å². The highest BCUT2D eigenvalue weighted by atomic mass is 19.1. The first-order chi connectivity index (χ1) is 14.8. The van der Waals surface area contributed by atoms with Gasteiger partial charge in [0, 0.05) is 11.8 Å². The number of ketones is 4. The Balaban J connectivity index is 1.95. The number of amides is 1. The molecular formula is C22H23FN2O7. The third kappa shape index (κ3) is 2.57. The molecule has 0 aliphatic heterocycles. The van der Waals surface area contributed by atoms with Crippen LogP contribution in [-0.2, 0) is 24.8 Å². The lowest BCUT2D eigenvalue weighted by molar-refractivity contribution is -0.188. The Bertz CT molecular complexity index is 1100. The smallest absolute Gasteiger partial charge is 0.235 e. The van der Waals surface area contributed by atoms with Gasteiger partial charge in [-0.05, 0) is 39.1 Å². The number of carbonyl (C=O) groups excluding carboxylic acids is 5. The summed E-state index contributed by atoms with van der Waals surface area (Å²) in [6.45, 7) is 1.33. The maximum absolute atomic E-state index is 14.6. The number of halogens is 1. The molecule has 3 aliphatic rings. The van der Waals surface area contributed by atoms with E-state index in [1.807, 2.05) is 0 Å². The summed E-state index contributed by atoms with van der Waals surface area (Å²) in [5, 5.41) is 22.8. The summed E-state index contributed by atoms with van der Waals surface area (Å²) in [5.41, 5.74) is 0.0264. The number of hydrogen-bond acceptors (Lipinski definition) is 8. The molecule has 0 aromatic heterocycles. The van der Waals surface area contributed by atoms with Crippen LogP contribution in [0, 0.1) is 29.5 Å². The number of carbonyl (C=O) groups is 5. The third-order valence-electron chi connectivity index (χ3n) is 7.35. The molecule has 7 atom stereocenters. The number of hydrogen-bond donors (Lipinski definition) is 3. The number of benzene rings is 1. The van der Waals surface area contributed by atoms with E-state index in [1.54, 1.807) is 0 Å². The van der Waals surface area contributed by atoms with Gasteiger partial charge in [0.15, 0.2) is 34.7 Å². The number of fused-ring (bicyclic) bond motifs is 3. The van der Waals surface area contributed by atoms with Gasteiger partial charge in [-0.1, -0.05) is 12.1 Å². The Morgan fingerprint density at radius 3 is 2.31 bits per heavy atom. The summed E-state index contributed by atoms with van der Waals surface area (Å²) in [4.78, 5) is 66.2. The van der Waals surface area contributed by atoms with Crippen molar-refractivity contribution in [3.05, 3.63) is 35.1 Å². The van der Waals surface area contributed by atoms with Crippen LogP contribution in [0.1, 0.15) is 29.3 Å². The fraction of sp³-hybridized carbons (Fsp3) is 0.500. The first-order valence-electron chi connectivity index (χ1n) is 10.1. The fourth-order valence-electron chi connectivity index (χ4n) is 5.85. The molecule has 9 nitrogen and oxygen atoms in total. The van der Waals surface area contributed by atoms with Gasteiger partial charge < -0.3 is 15.9 Å². The maximum atomic E-state index is 14.6. The molecule has 4 rings (SSSR count). The molecule has 2 saturated carbocycles. The van der Waals surface area contributed by atoms with Crippen molar-refractivity contribution in [2.24, 2.45) is 29.4 Å². The van der Waals surface area contributed by atoms with Crippen LogP contribution in [0.4, 0.5) is 4.39 Å². The highest BCUT2D eigenvalue weighted by molar-refractivity contribution is 6.32. The molecule has 3 unspecified atom stereocenters. The van der Waals surface area contributed by atoms with Gasteiger partial charge in [0.1, 0.15) is 5.82 Å². The van der Waals surface area contributed by atoms with E-state index >= 15 is 0 Å². The molecule has 2 fully saturated rings. The molecule has 1 aromatic rings. The zero-order chi connectivity index (χ0) is 23.9. The Kier molecular flexibility index (Phi) is 4.78. The number of Topliss-reactive ketones (excluding diaryl/α,β-unsaturated/α-hetero) is 4. The van der Waals surface area contributed by atoms with E-state index in [0.717, 1.165) is 6.07 Å². The summed E-state index contributed by atoms with van der Waals surface area (Å²) in [7, 11) is 2.95. The molecule has 0 bridgehead atoms. The number of nitrogens with zero attached hydrogens (tertiary/aromatic N) is 1. The van der Waals surface area contributed by atoms with Crippen LogP contribution in [0.2, 0.25) is 0 Å². The maximum Gasteiger partial charge on any atom is 0.235 e. The van der Waals surface area contributed by atoms with Crippen LogP contribution in [0.15, 0.2) is 18.2 Å². The second-order valence-corrected chi connectivity index (χ2v) is 9.24. The minimum absolute atomic E-state index is 0.00753. The van der Waals surface area contributed by atoms with Crippen molar-refractivity contribution in [1.29, 1.82) is 0 Å². The average Bonchev–Trinajstić information content (AvgIpc) is 2.68. The quantitative estimate of drug-likeness (QED) is 0.487. The molecule has 1 amide bonds. The van der Waals surface area contributed by atoms with Gasteiger partial charge in [-0.3, -0.25) is 28.9 Å². The average molecular weight is 446 g/mol. The van der Waals surface area contributed by atoms with Crippen molar-refractivity contribution in [2.75, 3.05) is 14.1 Å². The zero-order valence-electron chi connectivity index (χ0n) is 17.7. The first kappa shape index (κ1) is 22.4. The Labute approximate surface area is 182 Å². The molecule has 32 heavy (non-hydrogen) atoms. The topological polar surface area (TPSA) is 155 Å². The van der Waals surface area contributed by atoms with Gasteiger partial charge in [0.2, 0.25) is 5.91 Å². The lowest BCUT2D eigenvalue weighted by atomic mass is 9.50. The van der Waals surface area contributed by atoms with E-state index in [4.69, 9.17) is 5.73 Å². The SMILES string of the molecule is CN(C)[C@@H]1C(=O)C(C(N)=O)C(=O)[C@]2(O)C(=O)C3C(=O)c4c(F)cccc4C(C)(O)[C@H]3C[C@H]12. The summed E-state index contributed by atoms with van der Waals surface area (Å²) in [6, 6.07) is 2.46. The van der Waals surface area contributed by atoms with Gasteiger partial charge in [-0.15, -0.1) is 0 Å². The van der Waals surface area contributed by atoms with Crippen molar-refractivity contribution in [3.8, 4) is 0 Å². The highest BCUT2D eigenvalue weighted by Gasteiger charge is 2.71. The summed E-state index contributed by atoms with van der Waals surface area (Å²) >= 11 is 0. The lowest BCUT2D eigenvalue weighted by Gasteiger charge is -2.55. The summed E-state index contributed by atoms with van der Waals surface area (Å²) < 4.78 is 14.6. The molecule has 1 aromatic carbocycles. The normalized spacial score (nSPS) is 38.9. The van der Waals surface area contributed by atoms with Crippen molar-refractivity contribution < 1.29 is 38.6 Å². The van der Waals surface area contributed by atoms with Crippen molar-refractivity contribution >= 4 is 29.0 Å². The largest absolute Gasteiger partial charge is 0.385 e. The first-order valence-corrected chi connectivity index (χ1v) is 10.1. The highest BCUT2D eigenvalue weighted by Crippen LogP contribution is 2.54. The Morgan fingerprint density at radius 2 is 1.75 bits per heavy atom. The van der Waals surface area contributed by atoms with E-state index in [2.05, 4.69) is 0 Å². The van der Waals surface area contributed by atoms with E-state index in [0.29, 0.717) is 0 Å². The van der Waals surface area contributed by atoms with E-state index < -0.39 is 81.3 Å². The van der Waals surface area contributed by atoms with Gasteiger partial charge in [0.25, 0.3) is 0 Å². The lowest BCUT2D eigenvalue weighted by Crippen LogP contribution is -2.75. The van der Waals surface area contributed by atoms with Crippen molar-refractivity contribution in [3.63, 3.8) is 0 Å². The van der Waals surface area contributed by atoms with Crippen molar-refractivity contribution in [1.82, 2.24) is 4.90 Å². The van der Waals surface area contributed by atoms with Gasteiger partial charge in [-0.25, -0.2) is 4.39 Å². The number of rotatable bonds is 2. The molecule has 0 radical (unpaired) electrons. The Morgan fingerprint density at radius 1 is 1.12 bits per heavy atom. The van der Waals surface area contributed by atoms with Crippen LogP contribution in [0.25, 0.3) is 0 Å². The van der Waals surface area contributed by atoms with Gasteiger partial charge >= 0.3 is 0 Å². The van der Waals surface area contributed by atoms with Crippen LogP contribution >= 0.6 is 0 Å². The minimum Gasteiger partial charge on any atom is -0.385 e. The molecule has 0 spiro atoms. The molecule has 0 heterocycles. The fourth-order valence-corrected chi connectivity index (χ4v) is 5.85. The second kappa shape index (κ2) is 6.84. The van der Waals surface area contributed by atoms with Crippen LogP contribution in [0.3, 0.4) is 0 Å². The number of aliphatic hydroxyl groups is 2.